The van der Waals surface area contributed by atoms with Crippen molar-refractivity contribution in [2.45, 2.75) is 19.0 Å². The number of pyridine rings is 2. The molecule has 2 fully saturated rings. The zero-order valence-electron chi connectivity index (χ0n) is 22.4. The van der Waals surface area contributed by atoms with Crippen LogP contribution in [0, 0.1) is 5.92 Å². The number of hydrogen-bond acceptors (Lipinski definition) is 8. The summed E-state index contributed by atoms with van der Waals surface area (Å²) in [6.45, 7) is 7.59. The third-order valence-corrected chi connectivity index (χ3v) is 8.04. The van der Waals surface area contributed by atoms with Crippen LogP contribution >= 0.6 is 0 Å². The molecule has 2 saturated heterocycles. The largest absolute Gasteiger partial charge is 0.397 e. The number of amides is 1. The van der Waals surface area contributed by atoms with Crippen LogP contribution in [-0.2, 0) is 0 Å². The van der Waals surface area contributed by atoms with Gasteiger partial charge in [0, 0.05) is 75.0 Å². The van der Waals surface area contributed by atoms with Crippen molar-refractivity contribution in [2.75, 3.05) is 67.2 Å². The minimum absolute atomic E-state index is 0.0739. The minimum atomic E-state index is -0.365. The molecule has 1 amide bonds. The first kappa shape index (κ1) is 25.2. The minimum Gasteiger partial charge on any atom is -0.397 e. The number of piperidine rings is 1. The topological polar surface area (TPSA) is 137 Å². The van der Waals surface area contributed by atoms with Gasteiger partial charge >= 0.3 is 0 Å². The fraction of sp³-hybridized carbons (Fsp3) is 0.393. The van der Waals surface area contributed by atoms with Gasteiger partial charge in [0.2, 0.25) is 0 Å². The number of H-pyrrole nitrogens is 1. The second-order valence-electron chi connectivity index (χ2n) is 10.8. The molecule has 0 saturated carbocycles. The normalized spacial score (nSPS) is 22.4. The first-order chi connectivity index (χ1) is 18.9. The van der Waals surface area contributed by atoms with Crippen molar-refractivity contribution in [2.24, 2.45) is 11.7 Å². The predicted octanol–water partition coefficient (Wildman–Crippen LogP) is 2.37. The van der Waals surface area contributed by atoms with Gasteiger partial charge in [0.1, 0.15) is 0 Å². The number of carbonyl (C=O) groups excluding carboxylic acids is 1. The number of anilines is 4. The number of fused-ring (bicyclic) bond motifs is 1. The van der Waals surface area contributed by atoms with Gasteiger partial charge in [0.05, 0.1) is 34.8 Å². The van der Waals surface area contributed by atoms with Gasteiger partial charge in [-0.3, -0.25) is 14.5 Å². The van der Waals surface area contributed by atoms with Crippen LogP contribution in [0.5, 0.6) is 0 Å². The molecule has 6 rings (SSSR count). The van der Waals surface area contributed by atoms with Crippen molar-refractivity contribution in [1.29, 1.82) is 0 Å². The summed E-state index contributed by atoms with van der Waals surface area (Å²) in [6, 6.07) is 10.0. The SMILES string of the molecule is C[C@H]1CN(c2ccncc2NC(=O)c2nc3cc(N4CCN(C)CC4)ccc3cc2N)C[C@@H](N)[C@H]1n1cc[nH]1. The van der Waals surface area contributed by atoms with E-state index in [1.54, 1.807) is 12.4 Å². The molecule has 5 heterocycles. The molecule has 3 atom stereocenters. The Balaban J connectivity index is 1.23. The lowest BCUT2D eigenvalue weighted by molar-refractivity contribution is 0.102. The standard InChI is InChI=1S/C28H36N10O/c1-18-16-37(17-22(30)27(18)38-8-7-32-38)25-5-6-31-15-24(25)34-28(39)26-21(29)13-19-3-4-20(14-23(19)33-26)36-11-9-35(2)10-12-36/h3-8,13-15,18,22,27,32H,9-12,16-17,29-30H2,1-2H3,(H,34,39)/t18-,22+,27-/m0/s1. The molecule has 11 heteroatoms. The lowest BCUT2D eigenvalue weighted by Crippen LogP contribution is -2.54. The fourth-order valence-corrected chi connectivity index (χ4v) is 5.89. The Bertz CT molecular complexity index is 1450. The lowest BCUT2D eigenvalue weighted by Gasteiger charge is -2.43. The van der Waals surface area contributed by atoms with Crippen molar-refractivity contribution < 1.29 is 4.79 Å². The number of aromatic amines is 1. The van der Waals surface area contributed by atoms with Gasteiger partial charge in [-0.2, -0.15) is 0 Å². The molecule has 0 aliphatic carbocycles. The number of likely N-dealkylation sites (N-methyl/N-ethyl adjacent to an activating group) is 1. The van der Waals surface area contributed by atoms with E-state index >= 15 is 0 Å². The molecular weight excluding hydrogens is 492 g/mol. The number of nitrogens with two attached hydrogens (primary N) is 2. The number of benzene rings is 1. The zero-order valence-corrected chi connectivity index (χ0v) is 22.4. The van der Waals surface area contributed by atoms with E-state index in [1.165, 1.54) is 0 Å². The highest BCUT2D eigenvalue weighted by atomic mass is 16.1. The van der Waals surface area contributed by atoms with E-state index < -0.39 is 0 Å². The zero-order chi connectivity index (χ0) is 27.1. The van der Waals surface area contributed by atoms with Gasteiger partial charge in [0.15, 0.2) is 5.69 Å². The maximum absolute atomic E-state index is 13.5. The van der Waals surface area contributed by atoms with E-state index in [-0.39, 0.29) is 23.7 Å². The maximum atomic E-state index is 13.5. The van der Waals surface area contributed by atoms with Crippen molar-refractivity contribution in [1.82, 2.24) is 24.6 Å². The Labute approximate surface area is 227 Å². The summed E-state index contributed by atoms with van der Waals surface area (Å²) in [5.41, 5.74) is 16.8. The average Bonchev–Trinajstić information content (AvgIpc) is 2.89. The molecule has 0 spiro atoms. The fourth-order valence-electron chi connectivity index (χ4n) is 5.89. The first-order valence-corrected chi connectivity index (χ1v) is 13.5. The second-order valence-corrected chi connectivity index (χ2v) is 10.8. The number of aromatic nitrogens is 4. The molecule has 1 aromatic carbocycles. The number of nitrogen functional groups attached to an aromatic ring is 1. The van der Waals surface area contributed by atoms with E-state index in [9.17, 15) is 4.79 Å². The van der Waals surface area contributed by atoms with Crippen LogP contribution in [0.25, 0.3) is 10.9 Å². The average molecular weight is 529 g/mol. The van der Waals surface area contributed by atoms with Crippen LogP contribution in [-0.4, -0.2) is 82.9 Å². The van der Waals surface area contributed by atoms with Gasteiger partial charge in [-0.1, -0.05) is 13.0 Å². The van der Waals surface area contributed by atoms with E-state index in [0.717, 1.165) is 55.0 Å². The highest BCUT2D eigenvalue weighted by molar-refractivity contribution is 6.09. The van der Waals surface area contributed by atoms with Gasteiger partial charge in [-0.25, -0.2) is 4.98 Å². The number of carbonyl (C=O) groups is 1. The van der Waals surface area contributed by atoms with Crippen molar-refractivity contribution in [3.8, 4) is 0 Å². The highest BCUT2D eigenvalue weighted by Gasteiger charge is 2.35. The third kappa shape index (κ3) is 4.90. The molecule has 3 aromatic heterocycles. The Morgan fingerprint density at radius 1 is 1.10 bits per heavy atom. The maximum Gasteiger partial charge on any atom is 0.276 e. The van der Waals surface area contributed by atoms with E-state index in [4.69, 9.17) is 16.5 Å². The molecule has 6 N–H and O–H groups in total. The van der Waals surface area contributed by atoms with Crippen LogP contribution in [0.2, 0.25) is 0 Å². The first-order valence-electron chi connectivity index (χ1n) is 13.5. The summed E-state index contributed by atoms with van der Waals surface area (Å²) in [5, 5.41) is 7.12. The molecule has 39 heavy (non-hydrogen) atoms. The highest BCUT2D eigenvalue weighted by Crippen LogP contribution is 2.34. The Morgan fingerprint density at radius 2 is 1.90 bits per heavy atom. The number of hydrogen-bond donors (Lipinski definition) is 4. The van der Waals surface area contributed by atoms with Crippen LogP contribution < -0.4 is 26.6 Å². The van der Waals surface area contributed by atoms with Crippen molar-refractivity contribution in [3.05, 3.63) is 60.8 Å². The molecule has 0 bridgehead atoms. The molecular formula is C28H36N10O. The molecule has 2 aliphatic heterocycles. The van der Waals surface area contributed by atoms with Crippen molar-refractivity contribution in [3.63, 3.8) is 0 Å². The van der Waals surface area contributed by atoms with Crippen molar-refractivity contribution >= 4 is 39.6 Å². The van der Waals surface area contributed by atoms with E-state index in [2.05, 4.69) is 54.8 Å². The molecule has 11 nitrogen and oxygen atoms in total. The van der Waals surface area contributed by atoms with Gasteiger partial charge < -0.3 is 36.6 Å². The summed E-state index contributed by atoms with van der Waals surface area (Å²) < 4.78 is 2.07. The smallest absolute Gasteiger partial charge is 0.276 e. The van der Waals surface area contributed by atoms with E-state index in [1.807, 2.05) is 36.7 Å². The monoisotopic (exact) mass is 528 g/mol. The van der Waals surface area contributed by atoms with Crippen LogP contribution in [0.1, 0.15) is 23.5 Å². The van der Waals surface area contributed by atoms with Gasteiger partial charge in [-0.05, 0) is 37.2 Å². The molecule has 0 radical (unpaired) electrons. The summed E-state index contributed by atoms with van der Waals surface area (Å²) in [6.07, 6.45) is 7.32. The third-order valence-electron chi connectivity index (χ3n) is 8.04. The molecule has 0 unspecified atom stereocenters. The Morgan fingerprint density at radius 3 is 2.62 bits per heavy atom. The number of nitrogens with zero attached hydrogens (tertiary/aromatic N) is 6. The van der Waals surface area contributed by atoms with Crippen LogP contribution in [0.15, 0.2) is 55.1 Å². The number of nitrogens with one attached hydrogen (secondary N) is 2. The molecule has 2 aliphatic rings. The van der Waals surface area contributed by atoms with E-state index in [0.29, 0.717) is 23.8 Å². The molecule has 4 aromatic rings. The predicted molar refractivity (Wildman–Crippen MR) is 155 cm³/mol. The van der Waals surface area contributed by atoms with Gasteiger partial charge in [0.25, 0.3) is 5.91 Å². The summed E-state index contributed by atoms with van der Waals surface area (Å²) in [5.74, 6) is -0.0639. The number of rotatable bonds is 5. The van der Waals surface area contributed by atoms with Crippen LogP contribution in [0.4, 0.5) is 22.7 Å². The lowest BCUT2D eigenvalue weighted by atomic mass is 9.89. The Kier molecular flexibility index (Phi) is 6.61. The number of piperazine rings is 1. The summed E-state index contributed by atoms with van der Waals surface area (Å²) >= 11 is 0. The Hall–Kier alpha value is -4.09. The quantitative estimate of drug-likeness (QED) is 0.310. The van der Waals surface area contributed by atoms with Gasteiger partial charge in [-0.15, -0.1) is 0 Å². The summed E-state index contributed by atoms with van der Waals surface area (Å²) in [4.78, 5) is 29.4. The summed E-state index contributed by atoms with van der Waals surface area (Å²) in [7, 11) is 2.14. The second kappa shape index (κ2) is 10.2. The van der Waals surface area contributed by atoms with Crippen LogP contribution in [0.3, 0.4) is 0 Å². The molecule has 204 valence electrons.